The lowest BCUT2D eigenvalue weighted by atomic mass is 10.0. The summed E-state index contributed by atoms with van der Waals surface area (Å²) in [5, 5.41) is -0.333. The van der Waals surface area contributed by atoms with E-state index in [0.29, 0.717) is 10.7 Å². The van der Waals surface area contributed by atoms with E-state index in [4.69, 9.17) is 18.0 Å². The molecule has 1 atom stereocenters. The molecule has 1 saturated carbocycles. The van der Waals surface area contributed by atoms with E-state index in [2.05, 4.69) is 4.90 Å². The SMILES string of the molecule is CS(=O)(=O)C1CSCCN1CC1(CC(N)=S)CC1. The molecule has 1 aliphatic heterocycles. The molecule has 0 aromatic heterocycles. The summed E-state index contributed by atoms with van der Waals surface area (Å²) in [5.41, 5.74) is 5.80. The highest BCUT2D eigenvalue weighted by atomic mass is 32.2. The fourth-order valence-electron chi connectivity index (χ4n) is 2.56. The molecule has 18 heavy (non-hydrogen) atoms. The zero-order chi connectivity index (χ0) is 13.4. The number of rotatable bonds is 5. The van der Waals surface area contributed by atoms with Gasteiger partial charge in [-0.2, -0.15) is 11.8 Å². The van der Waals surface area contributed by atoms with Crippen LogP contribution in [0.5, 0.6) is 0 Å². The summed E-state index contributed by atoms with van der Waals surface area (Å²) >= 11 is 6.71. The van der Waals surface area contributed by atoms with Crippen molar-refractivity contribution in [1.29, 1.82) is 0 Å². The van der Waals surface area contributed by atoms with E-state index >= 15 is 0 Å². The van der Waals surface area contributed by atoms with Crippen LogP contribution in [0.1, 0.15) is 19.3 Å². The molecule has 1 heterocycles. The Morgan fingerprint density at radius 3 is 2.72 bits per heavy atom. The molecule has 1 unspecified atom stereocenters. The highest BCUT2D eigenvalue weighted by molar-refractivity contribution is 8.00. The second-order valence-electron chi connectivity index (χ2n) is 5.47. The van der Waals surface area contributed by atoms with Gasteiger partial charge >= 0.3 is 0 Å². The largest absolute Gasteiger partial charge is 0.393 e. The van der Waals surface area contributed by atoms with Crippen LogP contribution in [-0.2, 0) is 9.84 Å². The first-order chi connectivity index (χ1) is 8.32. The third-order valence-electron chi connectivity index (χ3n) is 3.73. The highest BCUT2D eigenvalue weighted by Gasteiger charge is 2.46. The van der Waals surface area contributed by atoms with Crippen LogP contribution in [0.25, 0.3) is 0 Å². The summed E-state index contributed by atoms with van der Waals surface area (Å²) < 4.78 is 23.6. The van der Waals surface area contributed by atoms with Gasteiger partial charge in [0.05, 0.1) is 4.99 Å². The minimum absolute atomic E-state index is 0.163. The second kappa shape index (κ2) is 5.26. The number of thiocarbonyl (C=S) groups is 1. The summed E-state index contributed by atoms with van der Waals surface area (Å²) in [6.45, 7) is 1.67. The number of hydrogen-bond acceptors (Lipinski definition) is 5. The zero-order valence-electron chi connectivity index (χ0n) is 10.6. The van der Waals surface area contributed by atoms with E-state index in [1.165, 1.54) is 6.26 Å². The lowest BCUT2D eigenvalue weighted by Crippen LogP contribution is -2.49. The highest BCUT2D eigenvalue weighted by Crippen LogP contribution is 2.50. The summed E-state index contributed by atoms with van der Waals surface area (Å²) in [4.78, 5) is 2.67. The smallest absolute Gasteiger partial charge is 0.164 e. The average Bonchev–Trinajstić information content (AvgIpc) is 2.95. The van der Waals surface area contributed by atoms with Gasteiger partial charge in [0.15, 0.2) is 9.84 Å². The van der Waals surface area contributed by atoms with Gasteiger partial charge in [0.1, 0.15) is 5.37 Å². The van der Waals surface area contributed by atoms with E-state index in [1.807, 2.05) is 0 Å². The van der Waals surface area contributed by atoms with E-state index in [9.17, 15) is 8.42 Å². The minimum atomic E-state index is -3.01. The van der Waals surface area contributed by atoms with Crippen molar-refractivity contribution in [1.82, 2.24) is 4.90 Å². The van der Waals surface area contributed by atoms with Gasteiger partial charge < -0.3 is 5.73 Å². The Hall–Kier alpha value is 0.150. The van der Waals surface area contributed by atoms with Crippen molar-refractivity contribution >= 4 is 38.8 Å². The lowest BCUT2D eigenvalue weighted by molar-refractivity contribution is 0.219. The van der Waals surface area contributed by atoms with Crippen LogP contribution in [0.15, 0.2) is 0 Å². The van der Waals surface area contributed by atoms with Crippen LogP contribution < -0.4 is 5.73 Å². The molecule has 2 rings (SSSR count). The predicted molar refractivity (Wildman–Crippen MR) is 80.6 cm³/mol. The third kappa shape index (κ3) is 3.59. The zero-order valence-corrected chi connectivity index (χ0v) is 13.0. The fraction of sp³-hybridized carbons (Fsp3) is 0.909. The Balaban J connectivity index is 2.04. The lowest BCUT2D eigenvalue weighted by Gasteiger charge is -2.36. The Morgan fingerprint density at radius 2 is 2.22 bits per heavy atom. The Bertz CT molecular complexity index is 432. The molecule has 2 N–H and O–H groups in total. The molecule has 2 fully saturated rings. The molecule has 0 aromatic rings. The summed E-state index contributed by atoms with van der Waals surface area (Å²) in [5.74, 6) is 1.69. The number of sulfone groups is 1. The van der Waals surface area contributed by atoms with Crippen molar-refractivity contribution in [2.45, 2.75) is 24.6 Å². The summed E-state index contributed by atoms with van der Waals surface area (Å²) in [6.07, 6.45) is 4.32. The normalized spacial score (nSPS) is 27.9. The Labute approximate surface area is 119 Å². The van der Waals surface area contributed by atoms with Gasteiger partial charge in [-0.15, -0.1) is 0 Å². The van der Waals surface area contributed by atoms with Crippen molar-refractivity contribution in [2.75, 3.05) is 30.9 Å². The van der Waals surface area contributed by atoms with Gasteiger partial charge in [-0.1, -0.05) is 12.2 Å². The van der Waals surface area contributed by atoms with Crippen LogP contribution in [-0.4, -0.2) is 54.5 Å². The van der Waals surface area contributed by atoms with Crippen molar-refractivity contribution < 1.29 is 8.42 Å². The molecule has 0 bridgehead atoms. The molecule has 0 aromatic carbocycles. The van der Waals surface area contributed by atoms with E-state index in [1.54, 1.807) is 11.8 Å². The molecule has 0 radical (unpaired) electrons. The van der Waals surface area contributed by atoms with E-state index in [-0.39, 0.29) is 10.8 Å². The molecule has 2 aliphatic rings. The molecule has 0 spiro atoms. The number of hydrogen-bond donors (Lipinski definition) is 1. The first-order valence-corrected chi connectivity index (χ1v) is 9.63. The van der Waals surface area contributed by atoms with Gasteiger partial charge in [-0.25, -0.2) is 8.42 Å². The molecule has 104 valence electrons. The first-order valence-electron chi connectivity index (χ1n) is 6.11. The number of nitrogens with two attached hydrogens (primary N) is 1. The van der Waals surface area contributed by atoms with Crippen molar-refractivity contribution in [3.8, 4) is 0 Å². The monoisotopic (exact) mass is 308 g/mol. The topological polar surface area (TPSA) is 63.4 Å². The van der Waals surface area contributed by atoms with Gasteiger partial charge in [0.2, 0.25) is 0 Å². The maximum atomic E-state index is 11.8. The molecular weight excluding hydrogens is 288 g/mol. The molecule has 0 amide bonds. The van der Waals surface area contributed by atoms with Crippen LogP contribution in [0, 0.1) is 5.41 Å². The maximum Gasteiger partial charge on any atom is 0.164 e. The van der Waals surface area contributed by atoms with Gasteiger partial charge in [0, 0.05) is 37.3 Å². The summed E-state index contributed by atoms with van der Waals surface area (Å²) in [7, 11) is -3.01. The van der Waals surface area contributed by atoms with Crippen LogP contribution in [0.2, 0.25) is 0 Å². The second-order valence-corrected chi connectivity index (χ2v) is 9.35. The predicted octanol–water partition coefficient (Wildman–Crippen LogP) is 0.862. The van der Waals surface area contributed by atoms with Crippen molar-refractivity contribution in [2.24, 2.45) is 11.1 Å². The number of thioether (sulfide) groups is 1. The average molecular weight is 308 g/mol. The van der Waals surface area contributed by atoms with Gasteiger partial charge in [-0.3, -0.25) is 4.90 Å². The molecule has 1 aliphatic carbocycles. The quantitative estimate of drug-likeness (QED) is 0.760. The van der Waals surface area contributed by atoms with Crippen LogP contribution in [0.3, 0.4) is 0 Å². The van der Waals surface area contributed by atoms with Gasteiger partial charge in [0.25, 0.3) is 0 Å². The standard InChI is InChI=1S/C11H20N2O2S3/c1-18(14,15)10-7-17-5-4-13(10)8-11(2-3-11)6-9(12)16/h10H,2-8H2,1H3,(H2,12,16). The molecule has 4 nitrogen and oxygen atoms in total. The fourth-order valence-corrected chi connectivity index (χ4v) is 5.81. The van der Waals surface area contributed by atoms with Gasteiger partial charge in [-0.05, 0) is 18.3 Å². The minimum Gasteiger partial charge on any atom is -0.393 e. The molecule has 1 saturated heterocycles. The Morgan fingerprint density at radius 1 is 1.56 bits per heavy atom. The van der Waals surface area contributed by atoms with Crippen LogP contribution >= 0.6 is 24.0 Å². The molecule has 7 heteroatoms. The van der Waals surface area contributed by atoms with Crippen LogP contribution in [0.4, 0.5) is 0 Å². The van der Waals surface area contributed by atoms with E-state index in [0.717, 1.165) is 38.1 Å². The molecular formula is C11H20N2O2S3. The summed E-state index contributed by atoms with van der Waals surface area (Å²) in [6, 6.07) is 0. The van der Waals surface area contributed by atoms with Crippen molar-refractivity contribution in [3.63, 3.8) is 0 Å². The van der Waals surface area contributed by atoms with Crippen molar-refractivity contribution in [3.05, 3.63) is 0 Å². The maximum absolute atomic E-state index is 11.8. The first kappa shape index (κ1) is 14.6. The van der Waals surface area contributed by atoms with E-state index < -0.39 is 9.84 Å². The number of nitrogens with zero attached hydrogens (tertiary/aromatic N) is 1. The third-order valence-corrected chi connectivity index (χ3v) is 6.56. The Kier molecular flexibility index (Phi) is 4.26.